The number of amides is 1. The van der Waals surface area contributed by atoms with Gasteiger partial charge < -0.3 is 15.3 Å². The number of hydrogen-bond donors (Lipinski definition) is 2. The standard InChI is InChI=1S/C12H11FN2O4/c13-8-3-1-2-7(4-8)9-5-10(19-15-9)12(18)14-6-11(16)17/h1-4,10H,5-6H2,(H,14,18)(H,16,17)/t10-/m1/s1. The predicted molar refractivity (Wildman–Crippen MR) is 63.1 cm³/mol. The first-order valence-electron chi connectivity index (χ1n) is 5.54. The highest BCUT2D eigenvalue weighted by molar-refractivity contribution is 6.04. The van der Waals surface area contributed by atoms with Gasteiger partial charge in [-0.3, -0.25) is 9.59 Å². The number of carbonyl (C=O) groups is 2. The number of halogens is 1. The third-order valence-electron chi connectivity index (χ3n) is 2.53. The first kappa shape index (κ1) is 13.0. The zero-order chi connectivity index (χ0) is 13.8. The van der Waals surface area contributed by atoms with Gasteiger partial charge in [-0.25, -0.2) is 4.39 Å². The second-order valence-corrected chi connectivity index (χ2v) is 3.96. The molecule has 1 aliphatic rings. The maximum absolute atomic E-state index is 13.0. The zero-order valence-electron chi connectivity index (χ0n) is 9.80. The topological polar surface area (TPSA) is 88.0 Å². The van der Waals surface area contributed by atoms with Crippen LogP contribution >= 0.6 is 0 Å². The van der Waals surface area contributed by atoms with Crippen LogP contribution in [-0.4, -0.2) is 35.3 Å². The molecule has 1 amide bonds. The van der Waals surface area contributed by atoms with Crippen LogP contribution in [0.5, 0.6) is 0 Å². The van der Waals surface area contributed by atoms with E-state index in [-0.39, 0.29) is 6.42 Å². The molecule has 1 atom stereocenters. The van der Waals surface area contributed by atoms with Crippen molar-refractivity contribution in [1.29, 1.82) is 0 Å². The summed E-state index contributed by atoms with van der Waals surface area (Å²) in [6, 6.07) is 5.78. The van der Waals surface area contributed by atoms with Crippen molar-refractivity contribution in [3.8, 4) is 0 Å². The maximum Gasteiger partial charge on any atom is 0.322 e. The Morgan fingerprint density at radius 1 is 1.53 bits per heavy atom. The molecule has 1 aromatic carbocycles. The number of carbonyl (C=O) groups excluding carboxylic acids is 1. The highest BCUT2D eigenvalue weighted by atomic mass is 19.1. The number of carboxylic acid groups (broad SMARTS) is 1. The predicted octanol–water partition coefficient (Wildman–Crippen LogP) is 0.519. The third kappa shape index (κ3) is 3.27. The smallest absolute Gasteiger partial charge is 0.322 e. The van der Waals surface area contributed by atoms with Crippen molar-refractivity contribution in [2.45, 2.75) is 12.5 Å². The van der Waals surface area contributed by atoms with Crippen LogP contribution < -0.4 is 5.32 Å². The number of benzene rings is 1. The van der Waals surface area contributed by atoms with E-state index >= 15 is 0 Å². The van der Waals surface area contributed by atoms with E-state index in [0.717, 1.165) is 0 Å². The van der Waals surface area contributed by atoms with Gasteiger partial charge in [-0.15, -0.1) is 0 Å². The largest absolute Gasteiger partial charge is 0.480 e. The van der Waals surface area contributed by atoms with Crippen molar-refractivity contribution < 1.29 is 23.9 Å². The SMILES string of the molecule is O=C(O)CNC(=O)[C@H]1CC(c2cccc(F)c2)=NO1. The number of oxime groups is 1. The van der Waals surface area contributed by atoms with Crippen LogP contribution in [0.4, 0.5) is 4.39 Å². The number of nitrogens with one attached hydrogen (secondary N) is 1. The van der Waals surface area contributed by atoms with E-state index < -0.39 is 30.3 Å². The Balaban J connectivity index is 1.95. The maximum atomic E-state index is 13.0. The minimum absolute atomic E-state index is 0.176. The molecule has 0 bridgehead atoms. The highest BCUT2D eigenvalue weighted by Crippen LogP contribution is 2.17. The Kier molecular flexibility index (Phi) is 3.74. The van der Waals surface area contributed by atoms with Gasteiger partial charge in [-0.2, -0.15) is 0 Å². The highest BCUT2D eigenvalue weighted by Gasteiger charge is 2.29. The Hall–Kier alpha value is -2.44. The van der Waals surface area contributed by atoms with Gasteiger partial charge in [0.15, 0.2) is 0 Å². The summed E-state index contributed by atoms with van der Waals surface area (Å²) >= 11 is 0. The summed E-state index contributed by atoms with van der Waals surface area (Å²) in [5.74, 6) is -2.10. The zero-order valence-corrected chi connectivity index (χ0v) is 9.80. The summed E-state index contributed by atoms with van der Waals surface area (Å²) in [5.41, 5.74) is 0.989. The van der Waals surface area contributed by atoms with Gasteiger partial charge in [0, 0.05) is 12.0 Å². The van der Waals surface area contributed by atoms with Crippen molar-refractivity contribution in [2.75, 3.05) is 6.54 Å². The lowest BCUT2D eigenvalue weighted by atomic mass is 10.0. The van der Waals surface area contributed by atoms with E-state index in [1.165, 1.54) is 18.2 Å². The van der Waals surface area contributed by atoms with Gasteiger partial charge in [0.05, 0.1) is 5.71 Å². The number of rotatable bonds is 4. The van der Waals surface area contributed by atoms with Crippen molar-refractivity contribution in [1.82, 2.24) is 5.32 Å². The number of nitrogens with zero attached hydrogens (tertiary/aromatic N) is 1. The second kappa shape index (κ2) is 5.47. The molecule has 0 radical (unpaired) electrons. The molecule has 100 valence electrons. The van der Waals surface area contributed by atoms with Crippen LogP contribution in [0, 0.1) is 5.82 Å². The second-order valence-electron chi connectivity index (χ2n) is 3.96. The molecule has 2 N–H and O–H groups in total. The molecule has 0 aromatic heterocycles. The normalized spacial score (nSPS) is 17.5. The van der Waals surface area contributed by atoms with E-state index in [2.05, 4.69) is 10.5 Å². The van der Waals surface area contributed by atoms with Gasteiger partial charge in [0.25, 0.3) is 5.91 Å². The minimum Gasteiger partial charge on any atom is -0.480 e. The van der Waals surface area contributed by atoms with E-state index in [1.807, 2.05) is 0 Å². The monoisotopic (exact) mass is 266 g/mol. The Bertz CT molecular complexity index is 544. The van der Waals surface area contributed by atoms with E-state index in [4.69, 9.17) is 9.94 Å². The molecule has 0 fully saturated rings. The lowest BCUT2D eigenvalue weighted by Gasteiger charge is -2.07. The molecule has 7 heteroatoms. The van der Waals surface area contributed by atoms with Crippen LogP contribution in [-0.2, 0) is 14.4 Å². The van der Waals surface area contributed by atoms with E-state index in [1.54, 1.807) is 6.07 Å². The quantitative estimate of drug-likeness (QED) is 0.831. The van der Waals surface area contributed by atoms with Gasteiger partial charge in [-0.1, -0.05) is 17.3 Å². The van der Waals surface area contributed by atoms with E-state index in [9.17, 15) is 14.0 Å². The van der Waals surface area contributed by atoms with Crippen LogP contribution in [0.1, 0.15) is 12.0 Å². The molecule has 2 rings (SSSR count). The summed E-state index contributed by atoms with van der Waals surface area (Å²) in [6.07, 6.45) is -0.702. The Morgan fingerprint density at radius 3 is 3.00 bits per heavy atom. The fraction of sp³-hybridized carbons (Fsp3) is 0.250. The third-order valence-corrected chi connectivity index (χ3v) is 2.53. The number of aliphatic carboxylic acids is 1. The summed E-state index contributed by atoms with van der Waals surface area (Å²) in [7, 11) is 0. The average Bonchev–Trinajstić information content (AvgIpc) is 2.85. The first-order valence-corrected chi connectivity index (χ1v) is 5.54. The Labute approximate surface area is 107 Å². The molecule has 0 spiro atoms. The van der Waals surface area contributed by atoms with Crippen LogP contribution in [0.25, 0.3) is 0 Å². The van der Waals surface area contributed by atoms with Crippen molar-refractivity contribution in [3.63, 3.8) is 0 Å². The average molecular weight is 266 g/mol. The van der Waals surface area contributed by atoms with Gasteiger partial charge in [0.1, 0.15) is 12.4 Å². The molecular formula is C12H11FN2O4. The lowest BCUT2D eigenvalue weighted by Crippen LogP contribution is -2.37. The molecule has 1 aromatic rings. The fourth-order valence-electron chi connectivity index (χ4n) is 1.63. The minimum atomic E-state index is -1.14. The van der Waals surface area contributed by atoms with Gasteiger partial charge in [-0.05, 0) is 12.1 Å². The molecule has 0 saturated carbocycles. The molecular weight excluding hydrogens is 255 g/mol. The fourth-order valence-corrected chi connectivity index (χ4v) is 1.63. The lowest BCUT2D eigenvalue weighted by molar-refractivity contribution is -0.140. The summed E-state index contributed by atoms with van der Waals surface area (Å²) < 4.78 is 13.0. The van der Waals surface area contributed by atoms with Gasteiger partial charge >= 0.3 is 5.97 Å². The summed E-state index contributed by atoms with van der Waals surface area (Å²) in [5, 5.41) is 14.4. The van der Waals surface area contributed by atoms with Gasteiger partial charge in [0.2, 0.25) is 6.10 Å². The number of hydrogen-bond acceptors (Lipinski definition) is 4. The molecule has 19 heavy (non-hydrogen) atoms. The molecule has 0 aliphatic carbocycles. The van der Waals surface area contributed by atoms with Crippen molar-refractivity contribution in [3.05, 3.63) is 35.6 Å². The van der Waals surface area contributed by atoms with Crippen LogP contribution in [0.15, 0.2) is 29.4 Å². The van der Waals surface area contributed by atoms with Crippen LogP contribution in [0.3, 0.4) is 0 Å². The molecule has 6 nitrogen and oxygen atoms in total. The summed E-state index contributed by atoms with van der Waals surface area (Å²) in [4.78, 5) is 26.8. The van der Waals surface area contributed by atoms with Crippen molar-refractivity contribution >= 4 is 17.6 Å². The van der Waals surface area contributed by atoms with E-state index in [0.29, 0.717) is 11.3 Å². The summed E-state index contributed by atoms with van der Waals surface area (Å²) in [6.45, 7) is -0.478. The van der Waals surface area contributed by atoms with Crippen LogP contribution in [0.2, 0.25) is 0 Å². The first-order chi connectivity index (χ1) is 9.06. The molecule has 0 saturated heterocycles. The molecule has 1 heterocycles. The Morgan fingerprint density at radius 2 is 2.32 bits per heavy atom. The molecule has 0 unspecified atom stereocenters. The van der Waals surface area contributed by atoms with Crippen molar-refractivity contribution in [2.24, 2.45) is 5.16 Å². The molecule has 1 aliphatic heterocycles. The number of carboxylic acids is 1.